The highest BCUT2D eigenvalue weighted by Gasteiger charge is 2.04. The lowest BCUT2D eigenvalue weighted by molar-refractivity contribution is 0.477. The summed E-state index contributed by atoms with van der Waals surface area (Å²) >= 11 is 0. The van der Waals surface area contributed by atoms with Crippen molar-refractivity contribution in [2.75, 3.05) is 0 Å². The fourth-order valence-electron chi connectivity index (χ4n) is 2.00. The average molecular weight is 197 g/mol. The summed E-state index contributed by atoms with van der Waals surface area (Å²) in [6, 6.07) is 10.00. The summed E-state index contributed by atoms with van der Waals surface area (Å²) in [4.78, 5) is 4.53. The first kappa shape index (κ1) is 8.48. The van der Waals surface area contributed by atoms with Crippen LogP contribution >= 0.6 is 0 Å². The molecule has 1 aliphatic carbocycles. The van der Waals surface area contributed by atoms with Crippen LogP contribution in [0.3, 0.4) is 0 Å². The third-order valence-electron chi connectivity index (χ3n) is 2.78. The SMILES string of the molecule is OC1=c2cc3ccccc3nc2=CCC1. The average Bonchev–Trinajstić information content (AvgIpc) is 2.27. The molecule has 0 aliphatic heterocycles. The maximum Gasteiger partial charge on any atom is 0.102 e. The highest BCUT2D eigenvalue weighted by atomic mass is 16.3. The zero-order valence-electron chi connectivity index (χ0n) is 8.27. The van der Waals surface area contributed by atoms with E-state index in [1.54, 1.807) is 0 Å². The minimum Gasteiger partial charge on any atom is -0.512 e. The zero-order valence-corrected chi connectivity index (χ0v) is 8.27. The molecule has 1 aromatic heterocycles. The van der Waals surface area contributed by atoms with Crippen molar-refractivity contribution < 1.29 is 5.11 Å². The fraction of sp³-hybridized carbons (Fsp3) is 0.154. The topological polar surface area (TPSA) is 33.1 Å². The van der Waals surface area contributed by atoms with E-state index in [-0.39, 0.29) is 0 Å². The van der Waals surface area contributed by atoms with Gasteiger partial charge < -0.3 is 5.11 Å². The Balaban J connectivity index is 2.54. The maximum atomic E-state index is 9.78. The highest BCUT2D eigenvalue weighted by Crippen LogP contribution is 2.08. The molecule has 74 valence electrons. The molecular weight excluding hydrogens is 186 g/mol. The zero-order chi connectivity index (χ0) is 10.3. The second-order valence-electron chi connectivity index (χ2n) is 3.80. The lowest BCUT2D eigenvalue weighted by atomic mass is 10.1. The van der Waals surface area contributed by atoms with Crippen LogP contribution in [0.2, 0.25) is 0 Å². The van der Waals surface area contributed by atoms with E-state index in [0.717, 1.165) is 34.3 Å². The van der Waals surface area contributed by atoms with E-state index in [1.165, 1.54) is 0 Å². The minimum atomic E-state index is 0.464. The highest BCUT2D eigenvalue weighted by molar-refractivity contribution is 5.78. The number of aromatic nitrogens is 1. The van der Waals surface area contributed by atoms with Gasteiger partial charge in [-0.1, -0.05) is 24.3 Å². The summed E-state index contributed by atoms with van der Waals surface area (Å²) in [5.41, 5.74) is 0.988. The van der Waals surface area contributed by atoms with E-state index in [0.29, 0.717) is 5.76 Å². The number of hydrogen-bond donors (Lipinski definition) is 1. The molecule has 0 saturated carbocycles. The Labute approximate surface area is 87.2 Å². The Kier molecular flexibility index (Phi) is 1.75. The molecule has 0 radical (unpaired) electrons. The number of aliphatic hydroxyl groups excluding tert-OH is 1. The summed E-state index contributed by atoms with van der Waals surface area (Å²) in [7, 11) is 0. The number of aliphatic hydroxyl groups is 1. The molecule has 1 aromatic carbocycles. The van der Waals surface area contributed by atoms with Crippen molar-refractivity contribution in [1.29, 1.82) is 0 Å². The summed E-state index contributed by atoms with van der Waals surface area (Å²) in [5, 5.41) is 12.7. The van der Waals surface area contributed by atoms with Gasteiger partial charge in [0.05, 0.1) is 10.9 Å². The van der Waals surface area contributed by atoms with Crippen LogP contribution in [0.15, 0.2) is 30.3 Å². The van der Waals surface area contributed by atoms with Crippen LogP contribution in [0.5, 0.6) is 0 Å². The standard InChI is InChI=1S/C13H11NO/c15-13-7-3-6-12-10(13)8-9-4-1-2-5-11(9)14-12/h1-2,4-6,8,15H,3,7H2. The van der Waals surface area contributed by atoms with Crippen molar-refractivity contribution in [1.82, 2.24) is 4.98 Å². The van der Waals surface area contributed by atoms with Crippen LogP contribution in [0.1, 0.15) is 12.8 Å². The van der Waals surface area contributed by atoms with Crippen LogP contribution in [0.4, 0.5) is 0 Å². The lowest BCUT2D eigenvalue weighted by Gasteiger charge is -2.05. The predicted molar refractivity (Wildman–Crippen MR) is 60.7 cm³/mol. The first-order chi connectivity index (χ1) is 7.34. The van der Waals surface area contributed by atoms with Gasteiger partial charge in [0.15, 0.2) is 0 Å². The van der Waals surface area contributed by atoms with Gasteiger partial charge >= 0.3 is 0 Å². The Morgan fingerprint density at radius 1 is 1.20 bits per heavy atom. The van der Waals surface area contributed by atoms with Crippen molar-refractivity contribution in [2.45, 2.75) is 12.8 Å². The number of nitrogens with zero attached hydrogens (tertiary/aromatic N) is 1. The molecule has 0 saturated heterocycles. The molecule has 2 heteroatoms. The summed E-state index contributed by atoms with van der Waals surface area (Å²) in [5.74, 6) is 0.464. The third kappa shape index (κ3) is 1.30. The van der Waals surface area contributed by atoms with Gasteiger partial charge in [-0.05, 0) is 18.6 Å². The fourth-order valence-corrected chi connectivity index (χ4v) is 2.00. The van der Waals surface area contributed by atoms with E-state index >= 15 is 0 Å². The molecule has 0 fully saturated rings. The Hall–Kier alpha value is -1.83. The van der Waals surface area contributed by atoms with E-state index in [4.69, 9.17) is 0 Å². The van der Waals surface area contributed by atoms with Gasteiger partial charge in [0.2, 0.25) is 0 Å². The van der Waals surface area contributed by atoms with E-state index in [9.17, 15) is 5.11 Å². The monoisotopic (exact) mass is 197 g/mol. The molecule has 0 amide bonds. The molecule has 0 spiro atoms. The van der Waals surface area contributed by atoms with E-state index < -0.39 is 0 Å². The minimum absolute atomic E-state index is 0.464. The number of rotatable bonds is 0. The quantitative estimate of drug-likeness (QED) is 0.694. The number of benzene rings is 1. The first-order valence-corrected chi connectivity index (χ1v) is 5.13. The van der Waals surface area contributed by atoms with Crippen LogP contribution in [0, 0.1) is 0 Å². The largest absolute Gasteiger partial charge is 0.512 e. The number of fused-ring (bicyclic) bond motifs is 2. The summed E-state index contributed by atoms with van der Waals surface area (Å²) in [6.45, 7) is 0. The Morgan fingerprint density at radius 2 is 2.07 bits per heavy atom. The maximum absolute atomic E-state index is 9.78. The number of pyridine rings is 1. The molecule has 1 N–H and O–H groups in total. The van der Waals surface area contributed by atoms with Gasteiger partial charge in [0.25, 0.3) is 0 Å². The van der Waals surface area contributed by atoms with Crippen LogP contribution < -0.4 is 10.6 Å². The second kappa shape index (κ2) is 3.09. The smallest absolute Gasteiger partial charge is 0.102 e. The predicted octanol–water partition coefficient (Wildman–Crippen LogP) is 1.48. The van der Waals surface area contributed by atoms with Crippen molar-refractivity contribution in [2.24, 2.45) is 0 Å². The number of hydrogen-bond acceptors (Lipinski definition) is 2. The molecule has 1 aliphatic rings. The van der Waals surface area contributed by atoms with Crippen molar-refractivity contribution >= 4 is 22.7 Å². The van der Waals surface area contributed by atoms with E-state index in [1.807, 2.05) is 30.3 Å². The lowest BCUT2D eigenvalue weighted by Crippen LogP contribution is -2.32. The second-order valence-corrected chi connectivity index (χ2v) is 3.80. The molecule has 0 bridgehead atoms. The first-order valence-electron chi connectivity index (χ1n) is 5.13. The molecule has 2 aromatic rings. The summed E-state index contributed by atoms with van der Waals surface area (Å²) < 4.78 is 0. The van der Waals surface area contributed by atoms with Crippen LogP contribution in [0.25, 0.3) is 22.7 Å². The molecule has 0 atom stereocenters. The number of para-hydroxylation sites is 1. The van der Waals surface area contributed by atoms with Crippen molar-refractivity contribution in [3.63, 3.8) is 0 Å². The van der Waals surface area contributed by atoms with Gasteiger partial charge in [-0.25, -0.2) is 4.98 Å². The van der Waals surface area contributed by atoms with Gasteiger partial charge in [-0.3, -0.25) is 0 Å². The molecule has 2 nitrogen and oxygen atoms in total. The normalized spacial score (nSPS) is 14.8. The van der Waals surface area contributed by atoms with Crippen molar-refractivity contribution in [3.05, 3.63) is 40.9 Å². The van der Waals surface area contributed by atoms with Gasteiger partial charge in [0.1, 0.15) is 5.76 Å². The Morgan fingerprint density at radius 3 is 3.00 bits per heavy atom. The van der Waals surface area contributed by atoms with Gasteiger partial charge in [0, 0.05) is 17.0 Å². The van der Waals surface area contributed by atoms with Gasteiger partial charge in [-0.2, -0.15) is 0 Å². The van der Waals surface area contributed by atoms with Crippen LogP contribution in [-0.4, -0.2) is 10.1 Å². The van der Waals surface area contributed by atoms with Crippen molar-refractivity contribution in [3.8, 4) is 0 Å². The van der Waals surface area contributed by atoms with Gasteiger partial charge in [-0.15, -0.1) is 0 Å². The van der Waals surface area contributed by atoms with E-state index in [2.05, 4.69) is 11.1 Å². The third-order valence-corrected chi connectivity index (χ3v) is 2.78. The van der Waals surface area contributed by atoms with Crippen LogP contribution in [-0.2, 0) is 0 Å². The molecule has 1 heterocycles. The molecule has 3 rings (SSSR count). The molecule has 0 unspecified atom stereocenters. The summed E-state index contributed by atoms with van der Waals surface area (Å²) in [6.07, 6.45) is 3.69. The molecule has 15 heavy (non-hydrogen) atoms. The molecular formula is C13H11NO. The Bertz CT molecular complexity index is 643.